The van der Waals surface area contributed by atoms with Crippen molar-refractivity contribution in [2.75, 3.05) is 18.5 Å². The topological polar surface area (TPSA) is 60.1 Å². The van der Waals surface area contributed by atoms with E-state index in [1.807, 2.05) is 25.8 Å². The fourth-order valence-electron chi connectivity index (χ4n) is 2.85. The van der Waals surface area contributed by atoms with Gasteiger partial charge in [0, 0.05) is 25.0 Å². The SMILES string of the molecule is CCN(C)c1nc(=O)n(C2CCCCC2Br)c(=O)n1CC. The average Bonchev–Trinajstić information content (AvgIpc) is 2.47. The Morgan fingerprint density at radius 3 is 2.52 bits per heavy atom. The Labute approximate surface area is 132 Å². The van der Waals surface area contributed by atoms with Gasteiger partial charge in [-0.3, -0.25) is 4.57 Å². The third-order valence-electron chi connectivity index (χ3n) is 4.19. The molecule has 2 unspecified atom stereocenters. The van der Waals surface area contributed by atoms with Crippen molar-refractivity contribution in [1.82, 2.24) is 14.1 Å². The van der Waals surface area contributed by atoms with Crippen molar-refractivity contribution in [1.29, 1.82) is 0 Å². The smallest absolute Gasteiger partial charge is 0.345 e. The van der Waals surface area contributed by atoms with Gasteiger partial charge in [0.05, 0.1) is 6.04 Å². The van der Waals surface area contributed by atoms with Crippen molar-refractivity contribution in [3.8, 4) is 0 Å². The van der Waals surface area contributed by atoms with Crippen LogP contribution >= 0.6 is 15.9 Å². The van der Waals surface area contributed by atoms with Gasteiger partial charge in [0.1, 0.15) is 0 Å². The van der Waals surface area contributed by atoms with Crippen molar-refractivity contribution < 1.29 is 0 Å². The number of rotatable bonds is 4. The molecular weight excluding hydrogens is 336 g/mol. The van der Waals surface area contributed by atoms with Crippen molar-refractivity contribution in [2.24, 2.45) is 0 Å². The quantitative estimate of drug-likeness (QED) is 0.769. The maximum Gasteiger partial charge on any atom is 0.355 e. The fraction of sp³-hybridized carbons (Fsp3) is 0.786. The van der Waals surface area contributed by atoms with E-state index in [0.717, 1.165) is 25.7 Å². The minimum absolute atomic E-state index is 0.0926. The standard InChI is InChI=1S/C14H23BrN4O2/c1-4-17(3)12-16-13(20)19(14(21)18(12)5-2)11-9-7-6-8-10(11)15/h10-11H,4-9H2,1-3H3. The van der Waals surface area contributed by atoms with Gasteiger partial charge in [0.15, 0.2) is 0 Å². The molecule has 1 aliphatic rings. The first-order valence-electron chi connectivity index (χ1n) is 7.59. The third-order valence-corrected chi connectivity index (χ3v) is 5.26. The van der Waals surface area contributed by atoms with Crippen molar-refractivity contribution in [3.63, 3.8) is 0 Å². The van der Waals surface area contributed by atoms with Gasteiger partial charge in [0.25, 0.3) is 0 Å². The van der Waals surface area contributed by atoms with Crippen LogP contribution in [0.15, 0.2) is 9.59 Å². The highest BCUT2D eigenvalue weighted by atomic mass is 79.9. The highest BCUT2D eigenvalue weighted by Gasteiger charge is 2.28. The van der Waals surface area contributed by atoms with Crippen LogP contribution in [0.3, 0.4) is 0 Å². The number of alkyl halides is 1. The molecule has 2 rings (SSSR count). The Morgan fingerprint density at radius 2 is 1.95 bits per heavy atom. The second-order valence-corrected chi connectivity index (χ2v) is 6.65. The first-order valence-corrected chi connectivity index (χ1v) is 8.51. The van der Waals surface area contributed by atoms with Crippen LogP contribution in [0.25, 0.3) is 0 Å². The molecule has 1 heterocycles. The number of anilines is 1. The predicted octanol–water partition coefficient (Wildman–Crippen LogP) is 1.76. The Hall–Kier alpha value is -1.11. The maximum atomic E-state index is 12.7. The van der Waals surface area contributed by atoms with Gasteiger partial charge in [-0.25, -0.2) is 14.2 Å². The van der Waals surface area contributed by atoms with Crippen molar-refractivity contribution in [3.05, 3.63) is 21.0 Å². The summed E-state index contributed by atoms with van der Waals surface area (Å²) in [4.78, 5) is 31.3. The molecule has 1 aliphatic carbocycles. The monoisotopic (exact) mass is 358 g/mol. The number of aromatic nitrogens is 3. The van der Waals surface area contributed by atoms with Crippen LogP contribution < -0.4 is 16.3 Å². The zero-order chi connectivity index (χ0) is 15.6. The molecule has 118 valence electrons. The molecule has 0 spiro atoms. The molecule has 7 heteroatoms. The summed E-state index contributed by atoms with van der Waals surface area (Å²) in [5.74, 6) is 0.452. The molecule has 1 aromatic heterocycles. The maximum absolute atomic E-state index is 12.7. The van der Waals surface area contributed by atoms with Crippen molar-refractivity contribution in [2.45, 2.75) is 56.9 Å². The van der Waals surface area contributed by atoms with E-state index in [1.165, 1.54) is 4.57 Å². The average molecular weight is 359 g/mol. The molecule has 0 aromatic carbocycles. The summed E-state index contributed by atoms with van der Waals surface area (Å²) in [7, 11) is 1.84. The molecule has 0 aliphatic heterocycles. The molecule has 1 saturated carbocycles. The number of nitrogens with zero attached hydrogens (tertiary/aromatic N) is 4. The van der Waals surface area contributed by atoms with Gasteiger partial charge in [0.2, 0.25) is 5.95 Å². The van der Waals surface area contributed by atoms with Crippen LogP contribution in [0.2, 0.25) is 0 Å². The lowest BCUT2D eigenvalue weighted by atomic mass is 9.95. The summed E-state index contributed by atoms with van der Waals surface area (Å²) in [6.45, 7) is 5.07. The van der Waals surface area contributed by atoms with Gasteiger partial charge in [-0.2, -0.15) is 4.98 Å². The lowest BCUT2D eigenvalue weighted by Crippen LogP contribution is -2.48. The summed E-state index contributed by atoms with van der Waals surface area (Å²) in [6, 6.07) is -0.0926. The van der Waals surface area contributed by atoms with E-state index < -0.39 is 5.69 Å². The first-order chi connectivity index (χ1) is 10.0. The Bertz CT molecular complexity index is 610. The van der Waals surface area contributed by atoms with E-state index in [2.05, 4.69) is 20.9 Å². The van der Waals surface area contributed by atoms with Crippen LogP contribution in [0.1, 0.15) is 45.6 Å². The molecule has 6 nitrogen and oxygen atoms in total. The lowest BCUT2D eigenvalue weighted by molar-refractivity contribution is 0.337. The van der Waals surface area contributed by atoms with Crippen LogP contribution in [0.5, 0.6) is 0 Å². The Kier molecular flexibility index (Phi) is 5.24. The summed E-state index contributed by atoms with van der Waals surface area (Å²) in [6.07, 6.45) is 4.01. The van der Waals surface area contributed by atoms with Gasteiger partial charge >= 0.3 is 11.4 Å². The van der Waals surface area contributed by atoms with Crippen molar-refractivity contribution >= 4 is 21.9 Å². The zero-order valence-corrected chi connectivity index (χ0v) is 14.5. The second kappa shape index (κ2) is 6.77. The van der Waals surface area contributed by atoms with E-state index >= 15 is 0 Å². The van der Waals surface area contributed by atoms with E-state index in [4.69, 9.17) is 0 Å². The zero-order valence-electron chi connectivity index (χ0n) is 12.9. The van der Waals surface area contributed by atoms with E-state index in [-0.39, 0.29) is 16.6 Å². The molecule has 1 aromatic rings. The van der Waals surface area contributed by atoms with E-state index in [0.29, 0.717) is 19.0 Å². The van der Waals surface area contributed by atoms with E-state index in [1.54, 1.807) is 4.57 Å². The normalized spacial score (nSPS) is 22.3. The minimum Gasteiger partial charge on any atom is -0.345 e. The fourth-order valence-corrected chi connectivity index (χ4v) is 3.67. The molecule has 21 heavy (non-hydrogen) atoms. The van der Waals surface area contributed by atoms with Gasteiger partial charge < -0.3 is 4.90 Å². The molecule has 0 saturated heterocycles. The Balaban J connectivity index is 2.58. The van der Waals surface area contributed by atoms with Crippen LogP contribution in [0, 0.1) is 0 Å². The van der Waals surface area contributed by atoms with Gasteiger partial charge in [-0.15, -0.1) is 0 Å². The summed E-state index contributed by atoms with van der Waals surface area (Å²) >= 11 is 3.62. The summed E-state index contributed by atoms with van der Waals surface area (Å²) in [5, 5.41) is 0. The van der Waals surface area contributed by atoms with E-state index in [9.17, 15) is 9.59 Å². The summed E-state index contributed by atoms with van der Waals surface area (Å²) < 4.78 is 2.92. The molecular formula is C14H23BrN4O2. The summed E-state index contributed by atoms with van der Waals surface area (Å²) in [5.41, 5.74) is -0.680. The van der Waals surface area contributed by atoms with Gasteiger partial charge in [-0.1, -0.05) is 28.8 Å². The highest BCUT2D eigenvalue weighted by molar-refractivity contribution is 9.09. The van der Waals surface area contributed by atoms with Crippen LogP contribution in [0.4, 0.5) is 5.95 Å². The third kappa shape index (κ3) is 3.07. The minimum atomic E-state index is -0.434. The van der Waals surface area contributed by atoms with Crippen LogP contribution in [-0.2, 0) is 6.54 Å². The molecule has 0 amide bonds. The predicted molar refractivity (Wildman–Crippen MR) is 87.6 cm³/mol. The molecule has 2 atom stereocenters. The van der Waals surface area contributed by atoms with Crippen LogP contribution in [-0.4, -0.2) is 32.5 Å². The molecule has 0 radical (unpaired) electrons. The number of hydrogen-bond acceptors (Lipinski definition) is 4. The lowest BCUT2D eigenvalue weighted by Gasteiger charge is -2.29. The second-order valence-electron chi connectivity index (χ2n) is 5.47. The Morgan fingerprint density at radius 1 is 1.29 bits per heavy atom. The van der Waals surface area contributed by atoms with Gasteiger partial charge in [-0.05, 0) is 26.7 Å². The number of hydrogen-bond donors (Lipinski definition) is 0. The first kappa shape index (κ1) is 16.3. The molecule has 0 bridgehead atoms. The molecule has 0 N–H and O–H groups in total. The molecule has 1 fully saturated rings. The number of halogens is 1. The largest absolute Gasteiger partial charge is 0.355 e. The highest BCUT2D eigenvalue weighted by Crippen LogP contribution is 2.32.